The molecule has 6 nitrogen and oxygen atoms in total. The van der Waals surface area contributed by atoms with Gasteiger partial charge in [0, 0.05) is 43.7 Å². The number of carbonyl (C=O) groups excluding carboxylic acids is 1. The molecule has 1 aromatic carbocycles. The van der Waals surface area contributed by atoms with E-state index in [1.807, 2.05) is 42.5 Å². The second kappa shape index (κ2) is 8.82. The Kier molecular flexibility index (Phi) is 5.79. The van der Waals surface area contributed by atoms with Crippen LogP contribution in [0.4, 0.5) is 5.82 Å². The molecule has 1 aliphatic heterocycles. The van der Waals surface area contributed by atoms with E-state index >= 15 is 0 Å². The van der Waals surface area contributed by atoms with E-state index in [2.05, 4.69) is 27.1 Å². The molecule has 2 aromatic heterocycles. The van der Waals surface area contributed by atoms with Crippen LogP contribution in [-0.4, -0.2) is 33.9 Å². The number of hydrogen-bond acceptors (Lipinski definition) is 5. The van der Waals surface area contributed by atoms with Gasteiger partial charge < -0.3 is 10.2 Å². The van der Waals surface area contributed by atoms with Crippen LogP contribution in [-0.2, 0) is 6.54 Å². The molecule has 4 rings (SSSR count). The van der Waals surface area contributed by atoms with E-state index in [9.17, 15) is 4.79 Å². The summed E-state index contributed by atoms with van der Waals surface area (Å²) in [6.45, 7) is 4.59. The van der Waals surface area contributed by atoms with Crippen molar-refractivity contribution in [2.24, 2.45) is 5.92 Å². The number of carbonyl (C=O) groups is 1. The molecular formula is C23H25N5O. The van der Waals surface area contributed by atoms with Gasteiger partial charge in [-0.25, -0.2) is 9.97 Å². The third-order valence-electron chi connectivity index (χ3n) is 5.26. The largest absolute Gasteiger partial charge is 0.356 e. The van der Waals surface area contributed by atoms with Crippen molar-refractivity contribution in [3.05, 3.63) is 72.2 Å². The first-order chi connectivity index (χ1) is 14.2. The number of nitrogens with one attached hydrogen (secondary N) is 1. The molecule has 1 N–H and O–H groups in total. The van der Waals surface area contributed by atoms with Crippen LogP contribution in [0.3, 0.4) is 0 Å². The molecule has 0 spiro atoms. The standard InChI is InChI=1S/C23H25N5O/c1-17-9-12-28(13-10-17)21-14-20(23(29)25-16-18-6-5-11-24-15-18)26-22(27-21)19-7-3-2-4-8-19/h2-8,11,14-15,17H,9-10,12-13,16H2,1H3,(H,25,29). The van der Waals surface area contributed by atoms with Crippen molar-refractivity contribution in [2.75, 3.05) is 18.0 Å². The number of amides is 1. The zero-order valence-electron chi connectivity index (χ0n) is 16.6. The molecule has 1 fully saturated rings. The van der Waals surface area contributed by atoms with Crippen LogP contribution >= 0.6 is 0 Å². The summed E-state index contributed by atoms with van der Waals surface area (Å²) in [5.74, 6) is 1.91. The molecule has 0 unspecified atom stereocenters. The monoisotopic (exact) mass is 387 g/mol. The summed E-state index contributed by atoms with van der Waals surface area (Å²) in [5.41, 5.74) is 2.24. The third-order valence-corrected chi connectivity index (χ3v) is 5.26. The number of anilines is 1. The van der Waals surface area contributed by atoms with Gasteiger partial charge in [-0.3, -0.25) is 9.78 Å². The molecule has 0 atom stereocenters. The van der Waals surface area contributed by atoms with Crippen LogP contribution in [0.15, 0.2) is 60.9 Å². The molecule has 148 valence electrons. The summed E-state index contributed by atoms with van der Waals surface area (Å²) in [6, 6.07) is 15.4. The SMILES string of the molecule is CC1CCN(c2cc(C(=O)NCc3cccnc3)nc(-c3ccccc3)n2)CC1. The molecule has 1 amide bonds. The second-order valence-electron chi connectivity index (χ2n) is 7.51. The van der Waals surface area contributed by atoms with Gasteiger partial charge in [-0.05, 0) is 30.4 Å². The lowest BCUT2D eigenvalue weighted by molar-refractivity contribution is 0.0946. The average molecular weight is 387 g/mol. The molecule has 0 bridgehead atoms. The molecule has 0 aliphatic carbocycles. The third kappa shape index (κ3) is 4.77. The summed E-state index contributed by atoms with van der Waals surface area (Å²) in [4.78, 5) is 28.5. The first-order valence-electron chi connectivity index (χ1n) is 10.1. The highest BCUT2D eigenvalue weighted by atomic mass is 16.1. The van der Waals surface area contributed by atoms with E-state index in [1.165, 1.54) is 0 Å². The minimum absolute atomic E-state index is 0.208. The van der Waals surface area contributed by atoms with E-state index < -0.39 is 0 Å². The highest BCUT2D eigenvalue weighted by Gasteiger charge is 2.20. The Balaban J connectivity index is 1.61. The first kappa shape index (κ1) is 19.1. The van der Waals surface area contributed by atoms with Crippen LogP contribution in [0.2, 0.25) is 0 Å². The van der Waals surface area contributed by atoms with Gasteiger partial charge in [0.05, 0.1) is 0 Å². The Bertz CT molecular complexity index is 954. The molecule has 3 heterocycles. The minimum atomic E-state index is -0.208. The summed E-state index contributed by atoms with van der Waals surface area (Å²) in [6.07, 6.45) is 5.73. The van der Waals surface area contributed by atoms with Crippen LogP contribution in [0.25, 0.3) is 11.4 Å². The van der Waals surface area contributed by atoms with Gasteiger partial charge in [0.1, 0.15) is 11.5 Å². The highest BCUT2D eigenvalue weighted by Crippen LogP contribution is 2.24. The Morgan fingerprint density at radius 2 is 1.90 bits per heavy atom. The molecular weight excluding hydrogens is 362 g/mol. The van der Waals surface area contributed by atoms with Gasteiger partial charge in [0.2, 0.25) is 0 Å². The lowest BCUT2D eigenvalue weighted by atomic mass is 9.99. The van der Waals surface area contributed by atoms with Crippen LogP contribution < -0.4 is 10.2 Å². The van der Waals surface area contributed by atoms with Crippen molar-refractivity contribution < 1.29 is 4.79 Å². The summed E-state index contributed by atoms with van der Waals surface area (Å²) >= 11 is 0. The fourth-order valence-electron chi connectivity index (χ4n) is 3.44. The summed E-state index contributed by atoms with van der Waals surface area (Å²) in [5, 5.41) is 2.94. The van der Waals surface area contributed by atoms with E-state index in [0.29, 0.717) is 18.1 Å². The van der Waals surface area contributed by atoms with Crippen LogP contribution in [0.1, 0.15) is 35.8 Å². The molecule has 0 saturated carbocycles. The molecule has 6 heteroatoms. The maximum atomic E-state index is 12.8. The van der Waals surface area contributed by atoms with Gasteiger partial charge in [-0.2, -0.15) is 0 Å². The highest BCUT2D eigenvalue weighted by molar-refractivity contribution is 5.93. The van der Waals surface area contributed by atoms with Crippen LogP contribution in [0, 0.1) is 5.92 Å². The van der Waals surface area contributed by atoms with E-state index in [4.69, 9.17) is 4.98 Å². The maximum Gasteiger partial charge on any atom is 0.270 e. The summed E-state index contributed by atoms with van der Waals surface area (Å²) < 4.78 is 0. The predicted octanol–water partition coefficient (Wildman–Crippen LogP) is 3.70. The lowest BCUT2D eigenvalue weighted by Gasteiger charge is -2.31. The first-order valence-corrected chi connectivity index (χ1v) is 10.1. The zero-order chi connectivity index (χ0) is 20.1. The Hall–Kier alpha value is -3.28. The second-order valence-corrected chi connectivity index (χ2v) is 7.51. The van der Waals surface area contributed by atoms with Gasteiger partial charge in [-0.15, -0.1) is 0 Å². The van der Waals surface area contributed by atoms with Gasteiger partial charge in [-0.1, -0.05) is 43.3 Å². The lowest BCUT2D eigenvalue weighted by Crippen LogP contribution is -2.34. The number of piperidine rings is 1. The van der Waals surface area contributed by atoms with Crippen molar-refractivity contribution in [1.29, 1.82) is 0 Å². The topological polar surface area (TPSA) is 71.0 Å². The predicted molar refractivity (Wildman–Crippen MR) is 113 cm³/mol. The number of nitrogens with zero attached hydrogens (tertiary/aromatic N) is 4. The van der Waals surface area contributed by atoms with Crippen LogP contribution in [0.5, 0.6) is 0 Å². The molecule has 3 aromatic rings. The van der Waals surface area contributed by atoms with Gasteiger partial charge >= 0.3 is 0 Å². The van der Waals surface area contributed by atoms with Crippen molar-refractivity contribution in [3.8, 4) is 11.4 Å². The van der Waals surface area contributed by atoms with Gasteiger partial charge in [0.15, 0.2) is 5.82 Å². The molecule has 1 saturated heterocycles. The number of hydrogen-bond donors (Lipinski definition) is 1. The fraction of sp³-hybridized carbons (Fsp3) is 0.304. The van der Waals surface area contributed by atoms with Gasteiger partial charge in [0.25, 0.3) is 5.91 Å². The number of pyridine rings is 1. The maximum absolute atomic E-state index is 12.8. The Labute approximate surface area is 171 Å². The normalized spacial score (nSPS) is 14.6. The van der Waals surface area contributed by atoms with E-state index in [0.717, 1.165) is 48.8 Å². The van der Waals surface area contributed by atoms with Crippen molar-refractivity contribution in [3.63, 3.8) is 0 Å². The van der Waals surface area contributed by atoms with Crippen molar-refractivity contribution in [1.82, 2.24) is 20.3 Å². The zero-order valence-corrected chi connectivity index (χ0v) is 16.6. The smallest absolute Gasteiger partial charge is 0.270 e. The Morgan fingerprint density at radius 3 is 2.62 bits per heavy atom. The summed E-state index contributed by atoms with van der Waals surface area (Å²) in [7, 11) is 0. The quantitative estimate of drug-likeness (QED) is 0.723. The minimum Gasteiger partial charge on any atom is -0.356 e. The van der Waals surface area contributed by atoms with E-state index in [-0.39, 0.29) is 5.91 Å². The Morgan fingerprint density at radius 1 is 1.10 bits per heavy atom. The number of aromatic nitrogens is 3. The number of rotatable bonds is 5. The number of benzene rings is 1. The van der Waals surface area contributed by atoms with Crippen molar-refractivity contribution >= 4 is 11.7 Å². The van der Waals surface area contributed by atoms with Crippen molar-refractivity contribution in [2.45, 2.75) is 26.3 Å². The molecule has 1 aliphatic rings. The molecule has 29 heavy (non-hydrogen) atoms. The fourth-order valence-corrected chi connectivity index (χ4v) is 3.44. The molecule has 0 radical (unpaired) electrons. The van der Waals surface area contributed by atoms with E-state index in [1.54, 1.807) is 18.5 Å². The average Bonchev–Trinajstić information content (AvgIpc) is 2.79.